The van der Waals surface area contributed by atoms with Crippen LogP contribution in [0.2, 0.25) is 0 Å². The Balaban J connectivity index is 1.72. The van der Waals surface area contributed by atoms with E-state index in [1.54, 1.807) is 11.3 Å². The molecule has 0 saturated carbocycles. The summed E-state index contributed by atoms with van der Waals surface area (Å²) in [6.45, 7) is 5.98. The van der Waals surface area contributed by atoms with Crippen molar-refractivity contribution in [1.82, 2.24) is 4.98 Å². The maximum atomic E-state index is 9.07. The molecule has 1 aromatic heterocycles. The smallest absolute Gasteiger partial charge is 0.185 e. The van der Waals surface area contributed by atoms with E-state index in [1.807, 2.05) is 6.92 Å². The molecule has 0 aromatic carbocycles. The zero-order valence-electron chi connectivity index (χ0n) is 8.69. The normalized spacial score (nSPS) is 22.7. The predicted octanol–water partition coefficient (Wildman–Crippen LogP) is 0.780. The van der Waals surface area contributed by atoms with Gasteiger partial charge in [0.25, 0.3) is 0 Å². The molecule has 15 heavy (non-hydrogen) atoms. The molecular weight excluding hydrogens is 212 g/mol. The number of aromatic nitrogens is 1. The van der Waals surface area contributed by atoms with E-state index in [4.69, 9.17) is 9.84 Å². The molecule has 2 aliphatic rings. The third-order valence-corrected chi connectivity index (χ3v) is 4.24. The van der Waals surface area contributed by atoms with Crippen LogP contribution in [0, 0.1) is 12.3 Å². The molecule has 0 aliphatic carbocycles. The van der Waals surface area contributed by atoms with Gasteiger partial charge in [-0.1, -0.05) is 0 Å². The SMILES string of the molecule is Cc1sc(N2CC3(COC3)C2)nc1CO. The number of aliphatic hydroxyl groups is 1. The summed E-state index contributed by atoms with van der Waals surface area (Å²) in [5.41, 5.74) is 1.25. The molecule has 0 unspecified atom stereocenters. The second kappa shape index (κ2) is 3.17. The van der Waals surface area contributed by atoms with Crippen LogP contribution < -0.4 is 4.90 Å². The summed E-state index contributed by atoms with van der Waals surface area (Å²) in [6.07, 6.45) is 0. The monoisotopic (exact) mass is 226 g/mol. The van der Waals surface area contributed by atoms with Crippen molar-refractivity contribution in [3.63, 3.8) is 0 Å². The van der Waals surface area contributed by atoms with Gasteiger partial charge in [-0.3, -0.25) is 0 Å². The van der Waals surface area contributed by atoms with Gasteiger partial charge in [0.05, 0.1) is 30.9 Å². The van der Waals surface area contributed by atoms with Crippen molar-refractivity contribution in [2.75, 3.05) is 31.2 Å². The van der Waals surface area contributed by atoms with Crippen LogP contribution in [0.15, 0.2) is 0 Å². The lowest BCUT2D eigenvalue weighted by Gasteiger charge is -2.54. The topological polar surface area (TPSA) is 45.6 Å². The molecule has 3 heterocycles. The van der Waals surface area contributed by atoms with E-state index in [-0.39, 0.29) is 6.61 Å². The average molecular weight is 226 g/mol. The molecule has 1 N–H and O–H groups in total. The van der Waals surface area contributed by atoms with Gasteiger partial charge in [-0.15, -0.1) is 11.3 Å². The van der Waals surface area contributed by atoms with Crippen molar-refractivity contribution in [2.24, 2.45) is 5.41 Å². The molecule has 5 heteroatoms. The number of hydrogen-bond donors (Lipinski definition) is 1. The van der Waals surface area contributed by atoms with Gasteiger partial charge in [-0.05, 0) is 6.92 Å². The average Bonchev–Trinajstić information content (AvgIpc) is 2.42. The minimum atomic E-state index is 0.0461. The Morgan fingerprint density at radius 3 is 2.73 bits per heavy atom. The Labute approximate surface area is 92.5 Å². The third kappa shape index (κ3) is 1.38. The number of aryl methyl sites for hydroxylation is 1. The molecule has 0 amide bonds. The first-order valence-corrected chi connectivity index (χ1v) is 5.94. The van der Waals surface area contributed by atoms with Crippen LogP contribution in [0.5, 0.6) is 0 Å². The summed E-state index contributed by atoms with van der Waals surface area (Å²) in [7, 11) is 0. The minimum Gasteiger partial charge on any atom is -0.390 e. The van der Waals surface area contributed by atoms with E-state index >= 15 is 0 Å². The number of rotatable bonds is 2. The van der Waals surface area contributed by atoms with Crippen molar-refractivity contribution >= 4 is 16.5 Å². The fourth-order valence-corrected chi connectivity index (χ4v) is 3.08. The highest BCUT2D eigenvalue weighted by Crippen LogP contribution is 2.41. The fourth-order valence-electron chi connectivity index (χ4n) is 2.17. The predicted molar refractivity (Wildman–Crippen MR) is 58.2 cm³/mol. The van der Waals surface area contributed by atoms with Crippen LogP contribution in [0.25, 0.3) is 0 Å². The molecule has 0 radical (unpaired) electrons. The summed E-state index contributed by atoms with van der Waals surface area (Å²) in [5, 5.41) is 10.1. The Morgan fingerprint density at radius 2 is 2.27 bits per heavy atom. The standard InChI is InChI=1S/C10H14N2O2S/c1-7-8(2-13)11-9(15-7)12-3-10(4-12)5-14-6-10/h13H,2-6H2,1H3. The van der Waals surface area contributed by atoms with E-state index in [0.29, 0.717) is 5.41 Å². The molecule has 3 rings (SSSR count). The zero-order chi connectivity index (χ0) is 10.5. The Morgan fingerprint density at radius 1 is 1.53 bits per heavy atom. The molecule has 0 bridgehead atoms. The molecule has 2 fully saturated rings. The van der Waals surface area contributed by atoms with Crippen LogP contribution >= 0.6 is 11.3 Å². The lowest BCUT2D eigenvalue weighted by atomic mass is 9.78. The van der Waals surface area contributed by atoms with Crippen LogP contribution in [0.1, 0.15) is 10.6 Å². The van der Waals surface area contributed by atoms with E-state index in [0.717, 1.165) is 42.0 Å². The highest BCUT2D eigenvalue weighted by atomic mass is 32.1. The van der Waals surface area contributed by atoms with Gasteiger partial charge < -0.3 is 14.7 Å². The molecular formula is C10H14N2O2S. The molecule has 1 spiro atoms. The molecule has 82 valence electrons. The molecule has 2 aliphatic heterocycles. The van der Waals surface area contributed by atoms with Gasteiger partial charge in [0.2, 0.25) is 0 Å². The number of hydrogen-bond acceptors (Lipinski definition) is 5. The summed E-state index contributed by atoms with van der Waals surface area (Å²) >= 11 is 1.67. The summed E-state index contributed by atoms with van der Waals surface area (Å²) in [5.74, 6) is 0. The molecule has 1 aromatic rings. The first-order valence-electron chi connectivity index (χ1n) is 5.12. The summed E-state index contributed by atoms with van der Waals surface area (Å²) in [4.78, 5) is 7.83. The zero-order valence-corrected chi connectivity index (χ0v) is 9.51. The molecule has 0 atom stereocenters. The lowest BCUT2D eigenvalue weighted by molar-refractivity contribution is -0.127. The first-order chi connectivity index (χ1) is 7.22. The van der Waals surface area contributed by atoms with Crippen LogP contribution in [-0.2, 0) is 11.3 Å². The maximum Gasteiger partial charge on any atom is 0.185 e. The Kier molecular flexibility index (Phi) is 2.02. The van der Waals surface area contributed by atoms with Gasteiger partial charge in [-0.2, -0.15) is 0 Å². The van der Waals surface area contributed by atoms with E-state index in [1.165, 1.54) is 0 Å². The summed E-state index contributed by atoms with van der Waals surface area (Å²) in [6, 6.07) is 0. The van der Waals surface area contributed by atoms with Gasteiger partial charge in [0, 0.05) is 18.0 Å². The van der Waals surface area contributed by atoms with E-state index < -0.39 is 0 Å². The van der Waals surface area contributed by atoms with Crippen molar-refractivity contribution in [2.45, 2.75) is 13.5 Å². The second-order valence-electron chi connectivity index (χ2n) is 4.51. The lowest BCUT2D eigenvalue weighted by Crippen LogP contribution is -2.66. The first kappa shape index (κ1) is 9.57. The fraction of sp³-hybridized carbons (Fsp3) is 0.700. The van der Waals surface area contributed by atoms with Crippen molar-refractivity contribution in [3.8, 4) is 0 Å². The van der Waals surface area contributed by atoms with Gasteiger partial charge in [0.1, 0.15) is 0 Å². The number of nitrogens with zero attached hydrogens (tertiary/aromatic N) is 2. The van der Waals surface area contributed by atoms with Crippen LogP contribution in [0.4, 0.5) is 5.13 Å². The van der Waals surface area contributed by atoms with Crippen molar-refractivity contribution in [1.29, 1.82) is 0 Å². The molecule has 4 nitrogen and oxygen atoms in total. The molecule has 2 saturated heterocycles. The largest absolute Gasteiger partial charge is 0.390 e. The Hall–Kier alpha value is -0.650. The second-order valence-corrected chi connectivity index (χ2v) is 5.69. The van der Waals surface area contributed by atoms with Gasteiger partial charge in [-0.25, -0.2) is 4.98 Å². The maximum absolute atomic E-state index is 9.07. The highest BCUT2D eigenvalue weighted by molar-refractivity contribution is 7.15. The van der Waals surface area contributed by atoms with E-state index in [2.05, 4.69) is 9.88 Å². The van der Waals surface area contributed by atoms with Crippen LogP contribution in [-0.4, -0.2) is 36.4 Å². The number of aliphatic hydroxyl groups excluding tert-OH is 1. The van der Waals surface area contributed by atoms with Gasteiger partial charge >= 0.3 is 0 Å². The van der Waals surface area contributed by atoms with Crippen molar-refractivity contribution in [3.05, 3.63) is 10.6 Å². The van der Waals surface area contributed by atoms with E-state index in [9.17, 15) is 0 Å². The third-order valence-electron chi connectivity index (χ3n) is 3.17. The minimum absolute atomic E-state index is 0.0461. The quantitative estimate of drug-likeness (QED) is 0.809. The summed E-state index contributed by atoms with van der Waals surface area (Å²) < 4.78 is 5.23. The Bertz CT molecular complexity index is 379. The van der Waals surface area contributed by atoms with Crippen molar-refractivity contribution < 1.29 is 9.84 Å². The number of thiazole rings is 1. The van der Waals surface area contributed by atoms with Crippen LogP contribution in [0.3, 0.4) is 0 Å². The highest BCUT2D eigenvalue weighted by Gasteiger charge is 2.49. The van der Waals surface area contributed by atoms with Gasteiger partial charge in [0.15, 0.2) is 5.13 Å². The number of ether oxygens (including phenoxy) is 1. The number of anilines is 1.